The minimum atomic E-state index is -1.32. The van der Waals surface area contributed by atoms with Crippen LogP contribution in [0.5, 0.6) is 0 Å². The molecular formula is C15H15N3O6. The normalized spacial score (nSPS) is 11.8. The molecule has 1 atom stereocenters. The molecule has 24 heavy (non-hydrogen) atoms. The predicted octanol–water partition coefficient (Wildman–Crippen LogP) is -0.100. The number of benzene rings is 1. The van der Waals surface area contributed by atoms with E-state index in [2.05, 4.69) is 15.5 Å². The molecule has 0 saturated heterocycles. The van der Waals surface area contributed by atoms with Gasteiger partial charge in [0.2, 0.25) is 5.91 Å². The summed E-state index contributed by atoms with van der Waals surface area (Å²) in [5.41, 5.74) is -0.0929. The van der Waals surface area contributed by atoms with Crippen LogP contribution in [-0.4, -0.2) is 44.3 Å². The van der Waals surface area contributed by atoms with Crippen LogP contribution in [0.1, 0.15) is 18.5 Å². The van der Waals surface area contributed by atoms with E-state index in [-0.39, 0.29) is 24.8 Å². The lowest BCUT2D eigenvalue weighted by Gasteiger charge is -2.13. The van der Waals surface area contributed by atoms with Gasteiger partial charge in [-0.05, 0) is 12.5 Å². The van der Waals surface area contributed by atoms with Crippen LogP contribution in [0.25, 0.3) is 10.8 Å². The Labute approximate surface area is 135 Å². The zero-order valence-electron chi connectivity index (χ0n) is 12.5. The summed E-state index contributed by atoms with van der Waals surface area (Å²) in [5, 5.41) is 26.9. The highest BCUT2D eigenvalue weighted by Crippen LogP contribution is 2.13. The molecule has 0 radical (unpaired) electrons. The van der Waals surface area contributed by atoms with E-state index in [4.69, 9.17) is 10.2 Å². The van der Waals surface area contributed by atoms with Gasteiger partial charge in [-0.1, -0.05) is 18.2 Å². The fraction of sp³-hybridized carbons (Fsp3) is 0.267. The summed E-state index contributed by atoms with van der Waals surface area (Å²) in [6.45, 7) is 0. The SMILES string of the molecule is O=C(O)CC[C@@H](NC(=O)Cc1n[nH]c(=O)c2ccccc12)C(=O)O. The number of aromatic amines is 1. The molecule has 0 unspecified atom stereocenters. The first-order valence-electron chi connectivity index (χ1n) is 7.08. The molecule has 4 N–H and O–H groups in total. The molecule has 0 bridgehead atoms. The summed E-state index contributed by atoms with van der Waals surface area (Å²) < 4.78 is 0. The van der Waals surface area contributed by atoms with Crippen LogP contribution >= 0.6 is 0 Å². The molecule has 0 aliphatic carbocycles. The van der Waals surface area contributed by atoms with Gasteiger partial charge in [0, 0.05) is 11.8 Å². The molecule has 2 aromatic rings. The maximum atomic E-state index is 12.0. The smallest absolute Gasteiger partial charge is 0.326 e. The Kier molecular flexibility index (Phi) is 5.25. The molecule has 9 heteroatoms. The molecule has 0 aliphatic heterocycles. The molecule has 1 aromatic carbocycles. The first-order chi connectivity index (χ1) is 11.4. The number of aromatic nitrogens is 2. The quantitative estimate of drug-likeness (QED) is 0.552. The number of H-pyrrole nitrogens is 1. The first kappa shape index (κ1) is 17.1. The van der Waals surface area contributed by atoms with E-state index in [1.54, 1.807) is 24.3 Å². The second kappa shape index (κ2) is 7.36. The Morgan fingerprint density at radius 1 is 1.17 bits per heavy atom. The van der Waals surface area contributed by atoms with E-state index in [1.165, 1.54) is 0 Å². The van der Waals surface area contributed by atoms with Crippen LogP contribution in [0.2, 0.25) is 0 Å². The molecule has 0 aliphatic rings. The molecule has 0 spiro atoms. The van der Waals surface area contributed by atoms with Crippen LogP contribution in [-0.2, 0) is 20.8 Å². The molecule has 0 saturated carbocycles. The summed E-state index contributed by atoms with van der Waals surface area (Å²) in [7, 11) is 0. The molecule has 0 fully saturated rings. The van der Waals surface area contributed by atoms with Crippen molar-refractivity contribution in [2.24, 2.45) is 0 Å². The van der Waals surface area contributed by atoms with Gasteiger partial charge < -0.3 is 15.5 Å². The number of carboxylic acid groups (broad SMARTS) is 2. The van der Waals surface area contributed by atoms with E-state index < -0.39 is 23.9 Å². The maximum Gasteiger partial charge on any atom is 0.326 e. The Balaban J connectivity index is 2.14. The summed E-state index contributed by atoms with van der Waals surface area (Å²) in [6.07, 6.45) is -0.846. The van der Waals surface area contributed by atoms with Crippen LogP contribution in [0.15, 0.2) is 29.1 Å². The van der Waals surface area contributed by atoms with E-state index >= 15 is 0 Å². The largest absolute Gasteiger partial charge is 0.481 e. The highest BCUT2D eigenvalue weighted by molar-refractivity contribution is 5.90. The van der Waals surface area contributed by atoms with Crippen molar-refractivity contribution >= 4 is 28.6 Å². The topological polar surface area (TPSA) is 149 Å². The van der Waals surface area contributed by atoms with Crippen molar-refractivity contribution in [2.45, 2.75) is 25.3 Å². The van der Waals surface area contributed by atoms with E-state index in [9.17, 15) is 19.2 Å². The Bertz CT molecular complexity index is 844. The third kappa shape index (κ3) is 4.15. The van der Waals surface area contributed by atoms with E-state index in [0.717, 1.165) is 0 Å². The van der Waals surface area contributed by atoms with Gasteiger partial charge in [0.15, 0.2) is 0 Å². The number of nitrogens with one attached hydrogen (secondary N) is 2. The summed E-state index contributed by atoms with van der Waals surface area (Å²) in [6, 6.07) is 5.29. The van der Waals surface area contributed by atoms with Crippen LogP contribution in [0.3, 0.4) is 0 Å². The number of carboxylic acids is 2. The third-order valence-electron chi connectivity index (χ3n) is 3.38. The Morgan fingerprint density at radius 3 is 2.46 bits per heavy atom. The van der Waals surface area contributed by atoms with Gasteiger partial charge in [0.25, 0.3) is 5.56 Å². The number of fused-ring (bicyclic) bond motifs is 1. The first-order valence-corrected chi connectivity index (χ1v) is 7.08. The van der Waals surface area contributed by atoms with Crippen molar-refractivity contribution in [3.05, 3.63) is 40.3 Å². The van der Waals surface area contributed by atoms with Crippen LogP contribution in [0.4, 0.5) is 0 Å². The number of carbonyl (C=O) groups is 3. The molecule has 2 rings (SSSR count). The summed E-state index contributed by atoms with van der Waals surface area (Å²) >= 11 is 0. The van der Waals surface area contributed by atoms with Gasteiger partial charge in [0.05, 0.1) is 17.5 Å². The highest BCUT2D eigenvalue weighted by atomic mass is 16.4. The summed E-state index contributed by atoms with van der Waals surface area (Å²) in [5.74, 6) is -3.09. The van der Waals surface area contributed by atoms with Gasteiger partial charge in [-0.15, -0.1) is 0 Å². The van der Waals surface area contributed by atoms with Gasteiger partial charge in [-0.25, -0.2) is 9.89 Å². The van der Waals surface area contributed by atoms with Crippen LogP contribution < -0.4 is 10.9 Å². The lowest BCUT2D eigenvalue weighted by atomic mass is 10.1. The molecule has 126 valence electrons. The second-order valence-corrected chi connectivity index (χ2v) is 5.11. The zero-order valence-corrected chi connectivity index (χ0v) is 12.5. The van der Waals surface area contributed by atoms with Crippen molar-refractivity contribution in [1.29, 1.82) is 0 Å². The number of nitrogens with zero attached hydrogens (tertiary/aromatic N) is 1. The number of rotatable bonds is 7. The van der Waals surface area contributed by atoms with Crippen molar-refractivity contribution in [2.75, 3.05) is 0 Å². The zero-order chi connectivity index (χ0) is 17.7. The fourth-order valence-electron chi connectivity index (χ4n) is 2.23. The van der Waals surface area contributed by atoms with E-state index in [0.29, 0.717) is 16.5 Å². The minimum absolute atomic E-state index is 0.226. The second-order valence-electron chi connectivity index (χ2n) is 5.11. The molecule has 1 aromatic heterocycles. The lowest BCUT2D eigenvalue weighted by molar-refractivity contribution is -0.143. The van der Waals surface area contributed by atoms with Gasteiger partial charge in [0.1, 0.15) is 6.04 Å². The Hall–Kier alpha value is -3.23. The number of carbonyl (C=O) groups excluding carboxylic acids is 1. The molecular weight excluding hydrogens is 318 g/mol. The van der Waals surface area contributed by atoms with Gasteiger partial charge in [-0.2, -0.15) is 5.10 Å². The third-order valence-corrected chi connectivity index (χ3v) is 3.38. The number of amides is 1. The fourth-order valence-corrected chi connectivity index (χ4v) is 2.23. The number of aliphatic carboxylic acids is 2. The summed E-state index contributed by atoms with van der Waals surface area (Å²) in [4.78, 5) is 45.3. The van der Waals surface area contributed by atoms with Gasteiger partial charge in [-0.3, -0.25) is 14.4 Å². The van der Waals surface area contributed by atoms with Crippen molar-refractivity contribution in [3.63, 3.8) is 0 Å². The molecule has 1 amide bonds. The number of hydrogen-bond acceptors (Lipinski definition) is 5. The average Bonchev–Trinajstić information content (AvgIpc) is 2.54. The van der Waals surface area contributed by atoms with Crippen molar-refractivity contribution < 1.29 is 24.6 Å². The van der Waals surface area contributed by atoms with Crippen molar-refractivity contribution in [1.82, 2.24) is 15.5 Å². The minimum Gasteiger partial charge on any atom is -0.481 e. The standard InChI is InChI=1S/C15H15N3O6/c19-12(16-10(15(23)24)5-6-13(20)21)7-11-8-3-1-2-4-9(8)14(22)18-17-11/h1-4,10H,5-7H2,(H,16,19)(H,18,22)(H,20,21)(H,23,24)/t10-/m1/s1. The molecule has 9 nitrogen and oxygen atoms in total. The average molecular weight is 333 g/mol. The maximum absolute atomic E-state index is 12.0. The van der Waals surface area contributed by atoms with Gasteiger partial charge >= 0.3 is 11.9 Å². The van der Waals surface area contributed by atoms with Crippen LogP contribution in [0, 0.1) is 0 Å². The number of hydrogen-bond donors (Lipinski definition) is 4. The highest BCUT2D eigenvalue weighted by Gasteiger charge is 2.21. The monoisotopic (exact) mass is 333 g/mol. The molecule has 1 heterocycles. The predicted molar refractivity (Wildman–Crippen MR) is 82.5 cm³/mol. The Morgan fingerprint density at radius 2 is 1.83 bits per heavy atom. The van der Waals surface area contributed by atoms with Crippen molar-refractivity contribution in [3.8, 4) is 0 Å². The lowest BCUT2D eigenvalue weighted by Crippen LogP contribution is -2.42. The van der Waals surface area contributed by atoms with E-state index in [1.807, 2.05) is 0 Å².